The molecule has 0 aliphatic carbocycles. The largest absolute Gasteiger partial charge is 0.497 e. The fourth-order valence-electron chi connectivity index (χ4n) is 1.73. The molecule has 0 aliphatic heterocycles. The van der Waals surface area contributed by atoms with Gasteiger partial charge in [-0.25, -0.2) is 4.68 Å². The van der Waals surface area contributed by atoms with Gasteiger partial charge >= 0.3 is 5.97 Å². The number of carboxylic acid groups (broad SMARTS) is 1. The number of methoxy groups -OCH3 is 2. The van der Waals surface area contributed by atoms with E-state index >= 15 is 0 Å². The second-order valence-electron chi connectivity index (χ2n) is 3.74. The Morgan fingerprint density at radius 2 is 2.16 bits per heavy atom. The monoisotopic (exact) mass is 263 g/mol. The highest BCUT2D eigenvalue weighted by Crippen LogP contribution is 2.32. The third-order valence-electron chi connectivity index (χ3n) is 2.59. The number of ether oxygens (including phenoxy) is 2. The summed E-state index contributed by atoms with van der Waals surface area (Å²) >= 11 is 0. The van der Waals surface area contributed by atoms with Crippen molar-refractivity contribution in [3.63, 3.8) is 0 Å². The van der Waals surface area contributed by atoms with Crippen molar-refractivity contribution < 1.29 is 19.4 Å². The van der Waals surface area contributed by atoms with Crippen LogP contribution < -0.4 is 9.47 Å². The summed E-state index contributed by atoms with van der Waals surface area (Å²) in [6, 6.07) is 5.25. The maximum Gasteiger partial charge on any atom is 0.325 e. The van der Waals surface area contributed by atoms with Crippen LogP contribution in [0.15, 0.2) is 24.4 Å². The van der Waals surface area contributed by atoms with Gasteiger partial charge in [0, 0.05) is 5.56 Å². The summed E-state index contributed by atoms with van der Waals surface area (Å²) in [5, 5.41) is 16.3. The molecule has 7 heteroatoms. The van der Waals surface area contributed by atoms with Crippen molar-refractivity contribution in [1.82, 2.24) is 15.0 Å². The van der Waals surface area contributed by atoms with Gasteiger partial charge in [0.2, 0.25) is 0 Å². The second-order valence-corrected chi connectivity index (χ2v) is 3.74. The van der Waals surface area contributed by atoms with Crippen LogP contribution in [0.25, 0.3) is 11.3 Å². The van der Waals surface area contributed by atoms with Crippen molar-refractivity contribution >= 4 is 5.97 Å². The van der Waals surface area contributed by atoms with E-state index in [0.717, 1.165) is 0 Å². The Hall–Kier alpha value is -2.57. The minimum Gasteiger partial charge on any atom is -0.497 e. The molecule has 1 aromatic heterocycles. The third-order valence-corrected chi connectivity index (χ3v) is 2.59. The summed E-state index contributed by atoms with van der Waals surface area (Å²) in [6.45, 7) is -0.268. The Labute approximate surface area is 109 Å². The number of benzene rings is 1. The predicted molar refractivity (Wildman–Crippen MR) is 66.2 cm³/mol. The number of carboxylic acids is 1. The number of hydrogen-bond donors (Lipinski definition) is 1. The lowest BCUT2D eigenvalue weighted by atomic mass is 10.1. The molecule has 0 bridgehead atoms. The molecule has 1 N–H and O–H groups in total. The van der Waals surface area contributed by atoms with Gasteiger partial charge in [-0.2, -0.15) is 0 Å². The van der Waals surface area contributed by atoms with Gasteiger partial charge in [-0.3, -0.25) is 4.79 Å². The molecule has 0 saturated carbocycles. The van der Waals surface area contributed by atoms with Crippen molar-refractivity contribution in [2.24, 2.45) is 0 Å². The van der Waals surface area contributed by atoms with E-state index in [1.807, 2.05) is 0 Å². The second kappa shape index (κ2) is 5.38. The number of hydrogen-bond acceptors (Lipinski definition) is 5. The lowest BCUT2D eigenvalue weighted by Gasteiger charge is -2.10. The van der Waals surface area contributed by atoms with Crippen molar-refractivity contribution in [1.29, 1.82) is 0 Å². The Balaban J connectivity index is 2.51. The average Bonchev–Trinajstić information content (AvgIpc) is 2.85. The Morgan fingerprint density at radius 3 is 2.79 bits per heavy atom. The quantitative estimate of drug-likeness (QED) is 0.867. The molecule has 2 aromatic rings. The average molecular weight is 263 g/mol. The van der Waals surface area contributed by atoms with Gasteiger partial charge in [-0.05, 0) is 18.2 Å². The van der Waals surface area contributed by atoms with Crippen LogP contribution >= 0.6 is 0 Å². The zero-order valence-electron chi connectivity index (χ0n) is 10.5. The van der Waals surface area contributed by atoms with Gasteiger partial charge in [0.25, 0.3) is 0 Å². The molecule has 1 heterocycles. The molecule has 0 amide bonds. The molecule has 0 aliphatic rings. The first-order valence-corrected chi connectivity index (χ1v) is 5.48. The first kappa shape index (κ1) is 12.9. The molecule has 0 radical (unpaired) electrons. The smallest absolute Gasteiger partial charge is 0.325 e. The van der Waals surface area contributed by atoms with Crippen molar-refractivity contribution in [3.05, 3.63) is 24.4 Å². The highest BCUT2D eigenvalue weighted by molar-refractivity contribution is 5.71. The Bertz CT molecular complexity index is 594. The van der Waals surface area contributed by atoms with Crippen LogP contribution in [-0.4, -0.2) is 40.3 Å². The van der Waals surface area contributed by atoms with Gasteiger partial charge in [0.05, 0.1) is 26.1 Å². The molecule has 0 spiro atoms. The molecule has 100 valence electrons. The number of carbonyl (C=O) groups is 1. The van der Waals surface area contributed by atoms with E-state index in [4.69, 9.17) is 14.6 Å². The summed E-state index contributed by atoms with van der Waals surface area (Å²) in [5.74, 6) is 0.238. The van der Waals surface area contributed by atoms with Gasteiger partial charge in [-0.15, -0.1) is 5.10 Å². The zero-order valence-corrected chi connectivity index (χ0v) is 10.5. The van der Waals surface area contributed by atoms with Gasteiger partial charge in [0.15, 0.2) is 0 Å². The number of nitrogens with zero attached hydrogens (tertiary/aromatic N) is 3. The molecule has 0 fully saturated rings. The summed E-state index contributed by atoms with van der Waals surface area (Å²) in [6.07, 6.45) is 1.49. The molecule has 0 saturated heterocycles. The molecule has 7 nitrogen and oxygen atoms in total. The third kappa shape index (κ3) is 2.65. The minimum atomic E-state index is -0.992. The minimum absolute atomic E-state index is 0.268. The van der Waals surface area contributed by atoms with E-state index in [0.29, 0.717) is 22.8 Å². The van der Waals surface area contributed by atoms with Gasteiger partial charge in [-0.1, -0.05) is 5.21 Å². The molecule has 2 rings (SSSR count). The SMILES string of the molecule is COc1ccc(OC)c(-c2cnnn2CC(=O)O)c1. The summed E-state index contributed by atoms with van der Waals surface area (Å²) in [4.78, 5) is 10.8. The number of rotatable bonds is 5. The first-order chi connectivity index (χ1) is 9.15. The van der Waals surface area contributed by atoms with Crippen LogP contribution in [-0.2, 0) is 11.3 Å². The normalized spacial score (nSPS) is 10.2. The van der Waals surface area contributed by atoms with Crippen molar-refractivity contribution in [2.45, 2.75) is 6.54 Å². The van der Waals surface area contributed by atoms with E-state index in [2.05, 4.69) is 10.3 Å². The molecule has 19 heavy (non-hydrogen) atoms. The highest BCUT2D eigenvalue weighted by Gasteiger charge is 2.14. The summed E-state index contributed by atoms with van der Waals surface area (Å²) in [5.41, 5.74) is 1.23. The first-order valence-electron chi connectivity index (χ1n) is 5.48. The van der Waals surface area contributed by atoms with Crippen LogP contribution in [0.5, 0.6) is 11.5 Å². The predicted octanol–water partition coefficient (Wildman–Crippen LogP) is 1.05. The fourth-order valence-corrected chi connectivity index (χ4v) is 1.73. The maximum atomic E-state index is 10.8. The fraction of sp³-hybridized carbons (Fsp3) is 0.250. The van der Waals surface area contributed by atoms with Crippen molar-refractivity contribution in [3.8, 4) is 22.8 Å². The van der Waals surface area contributed by atoms with Crippen molar-refractivity contribution in [2.75, 3.05) is 14.2 Å². The van der Waals surface area contributed by atoms with Gasteiger partial charge in [0.1, 0.15) is 18.0 Å². The topological polar surface area (TPSA) is 86.5 Å². The molecule has 0 atom stereocenters. The highest BCUT2D eigenvalue weighted by atomic mass is 16.5. The van der Waals surface area contributed by atoms with E-state index in [1.165, 1.54) is 18.0 Å². The van der Waals surface area contributed by atoms with Crippen LogP contribution in [0.4, 0.5) is 0 Å². The Kier molecular flexibility index (Phi) is 3.65. The van der Waals surface area contributed by atoms with E-state index in [1.54, 1.807) is 25.3 Å². The lowest BCUT2D eigenvalue weighted by molar-refractivity contribution is -0.137. The van der Waals surface area contributed by atoms with E-state index in [-0.39, 0.29) is 6.54 Å². The van der Waals surface area contributed by atoms with E-state index < -0.39 is 5.97 Å². The molecular formula is C12H13N3O4. The van der Waals surface area contributed by atoms with Gasteiger partial charge < -0.3 is 14.6 Å². The van der Waals surface area contributed by atoms with Crippen LogP contribution in [0.2, 0.25) is 0 Å². The van der Waals surface area contributed by atoms with Crippen LogP contribution in [0.3, 0.4) is 0 Å². The maximum absolute atomic E-state index is 10.8. The number of aliphatic carboxylic acids is 1. The molecule has 1 aromatic carbocycles. The van der Waals surface area contributed by atoms with Crippen LogP contribution in [0.1, 0.15) is 0 Å². The van der Waals surface area contributed by atoms with Crippen LogP contribution in [0, 0.1) is 0 Å². The van der Waals surface area contributed by atoms with E-state index in [9.17, 15) is 4.79 Å². The zero-order chi connectivity index (χ0) is 13.8. The molecule has 0 unspecified atom stereocenters. The summed E-state index contributed by atoms with van der Waals surface area (Å²) < 4.78 is 11.7. The Morgan fingerprint density at radius 1 is 1.37 bits per heavy atom. The summed E-state index contributed by atoms with van der Waals surface area (Å²) in [7, 11) is 3.09. The standard InChI is InChI=1S/C12H13N3O4/c1-18-8-3-4-11(19-2)9(5-8)10-6-13-14-15(10)7-12(16)17/h3-6H,7H2,1-2H3,(H,16,17). The number of aromatic nitrogens is 3. The molecular weight excluding hydrogens is 250 g/mol. The lowest BCUT2D eigenvalue weighted by Crippen LogP contribution is -2.11.